The Morgan fingerprint density at radius 2 is 1.50 bits per heavy atom. The van der Waals surface area contributed by atoms with Crippen LogP contribution in [0, 0.1) is 0 Å². The molecule has 2 aromatic rings. The van der Waals surface area contributed by atoms with E-state index in [-0.39, 0.29) is 0 Å². The number of rotatable bonds is 6. The molecule has 0 unspecified atom stereocenters. The number of benzene rings is 2. The van der Waals surface area contributed by atoms with Gasteiger partial charge in [0.2, 0.25) is 0 Å². The maximum Gasteiger partial charge on any atom is 0.313 e. The summed E-state index contributed by atoms with van der Waals surface area (Å²) in [6.07, 6.45) is 0. The number of piperazine rings is 1. The lowest BCUT2D eigenvalue weighted by atomic mass is 10.2. The number of halogens is 3. The van der Waals surface area contributed by atoms with E-state index in [9.17, 15) is 9.59 Å². The van der Waals surface area contributed by atoms with Crippen LogP contribution in [0.2, 0.25) is 10.0 Å². The number of amides is 2. The molecule has 0 radical (unpaired) electrons. The molecule has 2 aromatic carbocycles. The van der Waals surface area contributed by atoms with Gasteiger partial charge in [-0.25, -0.2) is 0 Å². The molecule has 9 heteroatoms. The fraction of sp³-hybridized carbons (Fsp3) is 0.333. The van der Waals surface area contributed by atoms with Gasteiger partial charge in [0.25, 0.3) is 0 Å². The van der Waals surface area contributed by atoms with E-state index in [2.05, 4.69) is 36.4 Å². The first kappa shape index (κ1) is 23.0. The van der Waals surface area contributed by atoms with Gasteiger partial charge < -0.3 is 10.6 Å². The summed E-state index contributed by atoms with van der Waals surface area (Å²) in [5.74, 6) is -1.30. The van der Waals surface area contributed by atoms with Crippen LogP contribution in [0.5, 0.6) is 0 Å². The standard InChI is InChI=1S/C21H23BrCl2N4O2/c22-15-4-6-16(7-5-15)26-21(30)20(29)25-8-9-27-10-12-28(13-11-27)14-17-18(23)2-1-3-19(17)24/h1-7H,8-14H2,(H,25,29)(H,26,30). The molecule has 0 aliphatic carbocycles. The van der Waals surface area contributed by atoms with Crippen molar-refractivity contribution < 1.29 is 9.59 Å². The molecule has 6 nitrogen and oxygen atoms in total. The van der Waals surface area contributed by atoms with Crippen molar-refractivity contribution in [2.75, 3.05) is 44.6 Å². The molecule has 30 heavy (non-hydrogen) atoms. The average Bonchev–Trinajstić information content (AvgIpc) is 2.73. The van der Waals surface area contributed by atoms with E-state index in [4.69, 9.17) is 23.2 Å². The summed E-state index contributed by atoms with van der Waals surface area (Å²) >= 11 is 15.9. The first-order valence-electron chi connectivity index (χ1n) is 9.65. The lowest BCUT2D eigenvalue weighted by Gasteiger charge is -2.35. The van der Waals surface area contributed by atoms with Gasteiger partial charge in [0.1, 0.15) is 0 Å². The maximum atomic E-state index is 12.0. The predicted octanol–water partition coefficient (Wildman–Crippen LogP) is 3.63. The number of hydrogen-bond donors (Lipinski definition) is 2. The summed E-state index contributed by atoms with van der Waals surface area (Å²) in [4.78, 5) is 28.5. The summed E-state index contributed by atoms with van der Waals surface area (Å²) in [5.41, 5.74) is 1.53. The van der Waals surface area contributed by atoms with Crippen LogP contribution >= 0.6 is 39.1 Å². The van der Waals surface area contributed by atoms with Gasteiger partial charge in [0.15, 0.2) is 0 Å². The van der Waals surface area contributed by atoms with E-state index < -0.39 is 11.8 Å². The molecule has 0 bridgehead atoms. The first-order chi connectivity index (χ1) is 14.4. The van der Waals surface area contributed by atoms with Crippen LogP contribution in [0.3, 0.4) is 0 Å². The third-order valence-corrected chi connectivity index (χ3v) is 6.17. The van der Waals surface area contributed by atoms with Crippen LogP contribution in [-0.2, 0) is 16.1 Å². The zero-order valence-electron chi connectivity index (χ0n) is 16.3. The van der Waals surface area contributed by atoms with Gasteiger partial charge in [-0.05, 0) is 36.4 Å². The molecule has 1 saturated heterocycles. The monoisotopic (exact) mass is 512 g/mol. The SMILES string of the molecule is O=C(NCCN1CCN(Cc2c(Cl)cccc2Cl)CC1)C(=O)Nc1ccc(Br)cc1. The number of nitrogens with one attached hydrogen (secondary N) is 2. The van der Waals surface area contributed by atoms with Crippen LogP contribution < -0.4 is 10.6 Å². The Kier molecular flexibility index (Phi) is 8.53. The third-order valence-electron chi connectivity index (χ3n) is 4.93. The lowest BCUT2D eigenvalue weighted by molar-refractivity contribution is -0.136. The van der Waals surface area contributed by atoms with Crippen molar-refractivity contribution in [2.24, 2.45) is 0 Å². The Bertz CT molecular complexity index is 867. The number of nitrogens with zero attached hydrogens (tertiary/aromatic N) is 2. The molecule has 1 aliphatic rings. The molecule has 1 heterocycles. The van der Waals surface area contributed by atoms with Crippen LogP contribution in [0.15, 0.2) is 46.9 Å². The minimum atomic E-state index is -0.668. The number of carbonyl (C=O) groups is 2. The predicted molar refractivity (Wildman–Crippen MR) is 124 cm³/mol. The van der Waals surface area contributed by atoms with Crippen molar-refractivity contribution in [3.8, 4) is 0 Å². The largest absolute Gasteiger partial charge is 0.347 e. The highest BCUT2D eigenvalue weighted by atomic mass is 79.9. The molecular formula is C21H23BrCl2N4O2. The molecule has 0 saturated carbocycles. The zero-order valence-corrected chi connectivity index (χ0v) is 19.4. The van der Waals surface area contributed by atoms with Crippen LogP contribution in [0.25, 0.3) is 0 Å². The quantitative estimate of drug-likeness (QED) is 0.579. The molecule has 0 aromatic heterocycles. The van der Waals surface area contributed by atoms with E-state index >= 15 is 0 Å². The van der Waals surface area contributed by atoms with E-state index in [1.165, 1.54) is 0 Å². The van der Waals surface area contributed by atoms with E-state index in [0.717, 1.165) is 42.8 Å². The number of anilines is 1. The highest BCUT2D eigenvalue weighted by Crippen LogP contribution is 2.26. The molecule has 2 amide bonds. The van der Waals surface area contributed by atoms with Gasteiger partial charge in [0, 0.05) is 71.6 Å². The number of hydrogen-bond acceptors (Lipinski definition) is 4. The van der Waals surface area contributed by atoms with Crippen molar-refractivity contribution >= 4 is 56.6 Å². The minimum absolute atomic E-state index is 0.420. The Labute approximate surface area is 194 Å². The molecule has 0 spiro atoms. The second kappa shape index (κ2) is 11.1. The van der Waals surface area contributed by atoms with Crippen molar-refractivity contribution in [3.05, 3.63) is 62.5 Å². The zero-order chi connectivity index (χ0) is 21.5. The van der Waals surface area contributed by atoms with Crippen LogP contribution in [-0.4, -0.2) is 60.9 Å². The fourth-order valence-corrected chi connectivity index (χ4v) is 3.99. The summed E-state index contributed by atoms with van der Waals surface area (Å²) in [7, 11) is 0. The van der Waals surface area contributed by atoms with Crippen molar-refractivity contribution in [1.82, 2.24) is 15.1 Å². The fourth-order valence-electron chi connectivity index (χ4n) is 3.21. The Morgan fingerprint density at radius 3 is 2.13 bits per heavy atom. The third kappa shape index (κ3) is 6.68. The highest BCUT2D eigenvalue weighted by molar-refractivity contribution is 9.10. The van der Waals surface area contributed by atoms with Crippen LogP contribution in [0.1, 0.15) is 5.56 Å². The first-order valence-corrected chi connectivity index (χ1v) is 11.2. The Hall–Kier alpha value is -1.64. The van der Waals surface area contributed by atoms with E-state index in [0.29, 0.717) is 28.8 Å². The molecule has 2 N–H and O–H groups in total. The normalized spacial score (nSPS) is 15.0. The van der Waals surface area contributed by atoms with Crippen molar-refractivity contribution in [3.63, 3.8) is 0 Å². The second-order valence-electron chi connectivity index (χ2n) is 7.03. The van der Waals surface area contributed by atoms with E-state index in [1.54, 1.807) is 24.3 Å². The molecule has 3 rings (SSSR count). The molecule has 1 fully saturated rings. The average molecular weight is 514 g/mol. The lowest BCUT2D eigenvalue weighted by Crippen LogP contribution is -2.48. The van der Waals surface area contributed by atoms with Gasteiger partial charge >= 0.3 is 11.8 Å². The van der Waals surface area contributed by atoms with Gasteiger partial charge in [-0.1, -0.05) is 45.2 Å². The van der Waals surface area contributed by atoms with Crippen LogP contribution in [0.4, 0.5) is 5.69 Å². The molecule has 0 atom stereocenters. The maximum absolute atomic E-state index is 12.0. The van der Waals surface area contributed by atoms with E-state index in [1.807, 2.05) is 18.2 Å². The highest BCUT2D eigenvalue weighted by Gasteiger charge is 2.19. The molecular weight excluding hydrogens is 491 g/mol. The van der Waals surface area contributed by atoms with Crippen molar-refractivity contribution in [2.45, 2.75) is 6.54 Å². The van der Waals surface area contributed by atoms with Crippen molar-refractivity contribution in [1.29, 1.82) is 0 Å². The molecule has 160 valence electrons. The summed E-state index contributed by atoms with van der Waals surface area (Å²) in [6.45, 7) is 5.37. The Morgan fingerprint density at radius 1 is 0.900 bits per heavy atom. The van der Waals surface area contributed by atoms with Gasteiger partial charge in [-0.2, -0.15) is 0 Å². The van der Waals surface area contributed by atoms with Gasteiger partial charge in [-0.3, -0.25) is 19.4 Å². The van der Waals surface area contributed by atoms with Gasteiger partial charge in [-0.15, -0.1) is 0 Å². The summed E-state index contributed by atoms with van der Waals surface area (Å²) < 4.78 is 0.903. The topological polar surface area (TPSA) is 64.7 Å². The number of carbonyl (C=O) groups excluding carboxylic acids is 2. The summed E-state index contributed by atoms with van der Waals surface area (Å²) in [5, 5.41) is 6.64. The summed E-state index contributed by atoms with van der Waals surface area (Å²) in [6, 6.07) is 12.6. The van der Waals surface area contributed by atoms with Gasteiger partial charge in [0.05, 0.1) is 0 Å². The molecule has 1 aliphatic heterocycles. The smallest absolute Gasteiger partial charge is 0.313 e. The Balaban J connectivity index is 1.36. The minimum Gasteiger partial charge on any atom is -0.347 e. The second-order valence-corrected chi connectivity index (χ2v) is 8.76.